The Morgan fingerprint density at radius 2 is 1.89 bits per heavy atom. The Kier molecular flexibility index (Phi) is 4.41. The van der Waals surface area contributed by atoms with Gasteiger partial charge in [0.25, 0.3) is 0 Å². The Labute approximate surface area is 164 Å². The van der Waals surface area contributed by atoms with Crippen LogP contribution in [-0.2, 0) is 16.6 Å². The quantitative estimate of drug-likeness (QED) is 0.686. The second-order valence-electron chi connectivity index (χ2n) is 7.52. The Morgan fingerprint density at radius 1 is 1.18 bits per heavy atom. The molecule has 0 radical (unpaired) electrons. The summed E-state index contributed by atoms with van der Waals surface area (Å²) in [5, 5.41) is 4.26. The van der Waals surface area contributed by atoms with Crippen molar-refractivity contribution in [2.24, 2.45) is 0 Å². The van der Waals surface area contributed by atoms with Crippen molar-refractivity contribution in [3.63, 3.8) is 0 Å². The van der Waals surface area contributed by atoms with Gasteiger partial charge in [-0.3, -0.25) is 9.69 Å². The molecule has 6 heteroatoms. The number of carbonyl (C=O) groups excluding carboxylic acids is 1. The zero-order valence-corrected chi connectivity index (χ0v) is 16.5. The molecule has 1 aliphatic heterocycles. The summed E-state index contributed by atoms with van der Waals surface area (Å²) in [6.45, 7) is 5.63. The number of nitrogens with zero attached hydrogens (tertiary/aromatic N) is 3. The van der Waals surface area contributed by atoms with Gasteiger partial charge in [-0.15, -0.1) is 0 Å². The van der Waals surface area contributed by atoms with Crippen molar-refractivity contribution in [2.75, 3.05) is 12.0 Å². The van der Waals surface area contributed by atoms with Crippen molar-refractivity contribution in [3.05, 3.63) is 71.4 Å². The van der Waals surface area contributed by atoms with Crippen LogP contribution >= 0.6 is 0 Å². The van der Waals surface area contributed by atoms with Gasteiger partial charge >= 0.3 is 0 Å². The number of amides is 1. The molecule has 0 bridgehead atoms. The molecule has 3 aromatic rings. The molecule has 0 N–H and O–H groups in total. The second-order valence-corrected chi connectivity index (χ2v) is 7.52. The Morgan fingerprint density at radius 3 is 2.64 bits per heavy atom. The number of methoxy groups -OCH3 is 1. The molecule has 1 amide bonds. The molecule has 0 saturated heterocycles. The third-order valence-electron chi connectivity index (χ3n) is 5.38. The highest BCUT2D eigenvalue weighted by Gasteiger charge is 2.39. The SMILES string of the molecule is COc1ccccc1C(C)(C)c1noc([C@@H]2Cc3ccccc3N2C(C)=O)n1. The maximum Gasteiger partial charge on any atom is 0.250 e. The summed E-state index contributed by atoms with van der Waals surface area (Å²) in [5.41, 5.74) is 2.47. The lowest BCUT2D eigenvalue weighted by atomic mass is 9.83. The van der Waals surface area contributed by atoms with E-state index in [2.05, 4.69) is 5.16 Å². The summed E-state index contributed by atoms with van der Waals surface area (Å²) in [5.74, 6) is 1.74. The molecule has 2 aromatic carbocycles. The number of benzene rings is 2. The van der Waals surface area contributed by atoms with Crippen molar-refractivity contribution in [1.82, 2.24) is 10.1 Å². The smallest absolute Gasteiger partial charge is 0.250 e. The maximum atomic E-state index is 12.3. The molecular formula is C22H23N3O3. The van der Waals surface area contributed by atoms with Crippen LogP contribution in [0.2, 0.25) is 0 Å². The topological polar surface area (TPSA) is 68.5 Å². The number of hydrogen-bond donors (Lipinski definition) is 0. The summed E-state index contributed by atoms with van der Waals surface area (Å²) in [6, 6.07) is 15.4. The lowest BCUT2D eigenvalue weighted by Gasteiger charge is -2.23. The fourth-order valence-corrected chi connectivity index (χ4v) is 3.88. The maximum absolute atomic E-state index is 12.3. The zero-order valence-electron chi connectivity index (χ0n) is 16.5. The highest BCUT2D eigenvalue weighted by Crippen LogP contribution is 2.41. The van der Waals surface area contributed by atoms with Crippen LogP contribution in [0.4, 0.5) is 5.69 Å². The van der Waals surface area contributed by atoms with Gasteiger partial charge in [0.15, 0.2) is 5.82 Å². The van der Waals surface area contributed by atoms with Crippen molar-refractivity contribution in [2.45, 2.75) is 38.6 Å². The fraction of sp³-hybridized carbons (Fsp3) is 0.318. The summed E-state index contributed by atoms with van der Waals surface area (Å²) in [6.07, 6.45) is 0.659. The number of para-hydroxylation sites is 2. The van der Waals surface area contributed by atoms with E-state index in [1.807, 2.05) is 62.4 Å². The predicted molar refractivity (Wildman–Crippen MR) is 105 cm³/mol. The van der Waals surface area contributed by atoms with Gasteiger partial charge in [0.1, 0.15) is 11.8 Å². The molecule has 0 spiro atoms. The molecule has 2 heterocycles. The van der Waals surface area contributed by atoms with Gasteiger partial charge in [0, 0.05) is 24.6 Å². The van der Waals surface area contributed by atoms with E-state index >= 15 is 0 Å². The van der Waals surface area contributed by atoms with Crippen LogP contribution in [0, 0.1) is 0 Å². The van der Waals surface area contributed by atoms with Crippen LogP contribution in [-0.4, -0.2) is 23.2 Å². The van der Waals surface area contributed by atoms with E-state index in [-0.39, 0.29) is 11.9 Å². The van der Waals surface area contributed by atoms with Crippen LogP contribution in [0.25, 0.3) is 0 Å². The molecule has 28 heavy (non-hydrogen) atoms. The second kappa shape index (κ2) is 6.78. The number of aromatic nitrogens is 2. The van der Waals surface area contributed by atoms with E-state index in [0.717, 1.165) is 22.6 Å². The van der Waals surface area contributed by atoms with Crippen molar-refractivity contribution >= 4 is 11.6 Å². The minimum atomic E-state index is -0.513. The molecule has 0 unspecified atom stereocenters. The van der Waals surface area contributed by atoms with Gasteiger partial charge in [0.05, 0.1) is 12.5 Å². The van der Waals surface area contributed by atoms with Crippen molar-refractivity contribution < 1.29 is 14.1 Å². The molecule has 144 valence electrons. The summed E-state index contributed by atoms with van der Waals surface area (Å²) in [4.78, 5) is 18.8. The minimum absolute atomic E-state index is 0.0429. The number of anilines is 1. The molecule has 4 rings (SSSR count). The van der Waals surface area contributed by atoms with Gasteiger partial charge in [-0.25, -0.2) is 0 Å². The first-order valence-electron chi connectivity index (χ1n) is 9.28. The third-order valence-corrected chi connectivity index (χ3v) is 5.38. The van der Waals surface area contributed by atoms with Gasteiger partial charge in [-0.2, -0.15) is 4.98 Å². The van der Waals surface area contributed by atoms with Crippen LogP contribution < -0.4 is 9.64 Å². The van der Waals surface area contributed by atoms with E-state index in [9.17, 15) is 4.79 Å². The van der Waals surface area contributed by atoms with E-state index < -0.39 is 5.41 Å². The molecule has 1 aliphatic rings. The molecule has 6 nitrogen and oxygen atoms in total. The number of ether oxygens (including phenoxy) is 1. The number of carbonyl (C=O) groups is 1. The largest absolute Gasteiger partial charge is 0.496 e. The first-order valence-corrected chi connectivity index (χ1v) is 9.28. The highest BCUT2D eigenvalue weighted by atomic mass is 16.5. The first kappa shape index (κ1) is 18.2. The van der Waals surface area contributed by atoms with E-state index in [4.69, 9.17) is 14.2 Å². The average molecular weight is 377 g/mol. The number of hydrogen-bond acceptors (Lipinski definition) is 5. The molecule has 0 aliphatic carbocycles. The summed E-state index contributed by atoms with van der Waals surface area (Å²) >= 11 is 0. The van der Waals surface area contributed by atoms with Gasteiger partial charge in [-0.1, -0.05) is 41.6 Å². The fourth-order valence-electron chi connectivity index (χ4n) is 3.88. The Balaban J connectivity index is 1.71. The summed E-state index contributed by atoms with van der Waals surface area (Å²) < 4.78 is 11.2. The lowest BCUT2D eigenvalue weighted by molar-refractivity contribution is -0.117. The summed E-state index contributed by atoms with van der Waals surface area (Å²) in [7, 11) is 1.65. The van der Waals surface area contributed by atoms with E-state index in [0.29, 0.717) is 18.1 Å². The van der Waals surface area contributed by atoms with Crippen LogP contribution in [0.1, 0.15) is 49.7 Å². The lowest BCUT2D eigenvalue weighted by Crippen LogP contribution is -2.30. The molecule has 1 atom stereocenters. The monoisotopic (exact) mass is 377 g/mol. The Hall–Kier alpha value is -3.15. The number of rotatable bonds is 4. The average Bonchev–Trinajstić information content (AvgIpc) is 3.33. The van der Waals surface area contributed by atoms with Crippen LogP contribution in [0.3, 0.4) is 0 Å². The van der Waals surface area contributed by atoms with Crippen LogP contribution in [0.15, 0.2) is 53.1 Å². The molecular weight excluding hydrogens is 354 g/mol. The molecule has 0 saturated carbocycles. The third kappa shape index (κ3) is 2.85. The first-order chi connectivity index (χ1) is 13.4. The minimum Gasteiger partial charge on any atom is -0.496 e. The van der Waals surface area contributed by atoms with Gasteiger partial charge < -0.3 is 9.26 Å². The van der Waals surface area contributed by atoms with Crippen LogP contribution in [0.5, 0.6) is 5.75 Å². The van der Waals surface area contributed by atoms with Crippen molar-refractivity contribution in [3.8, 4) is 5.75 Å². The zero-order chi connectivity index (χ0) is 19.9. The molecule has 0 fully saturated rings. The Bertz CT molecular complexity index is 1030. The highest BCUT2D eigenvalue weighted by molar-refractivity contribution is 5.94. The normalized spacial score (nSPS) is 16.1. The van der Waals surface area contributed by atoms with Crippen molar-refractivity contribution in [1.29, 1.82) is 0 Å². The predicted octanol–water partition coefficient (Wildman–Crippen LogP) is 4.05. The van der Waals surface area contributed by atoms with E-state index in [1.165, 1.54) is 0 Å². The van der Waals surface area contributed by atoms with Gasteiger partial charge in [-0.05, 0) is 31.5 Å². The molecule has 1 aromatic heterocycles. The van der Waals surface area contributed by atoms with Gasteiger partial charge in [0.2, 0.25) is 11.8 Å². The number of fused-ring (bicyclic) bond motifs is 1. The standard InChI is InChI=1S/C22H23N3O3/c1-14(26)25-17-11-7-5-9-15(17)13-18(25)20-23-21(24-28-20)22(2,3)16-10-6-8-12-19(16)27-4/h5-12,18H,13H2,1-4H3/t18-/m0/s1. The van der Waals surface area contributed by atoms with E-state index in [1.54, 1.807) is 18.9 Å².